The molecule has 1 aromatic heterocycles. The summed E-state index contributed by atoms with van der Waals surface area (Å²) < 4.78 is 9.13. The molecule has 136 valence electrons. The van der Waals surface area contributed by atoms with Crippen LogP contribution in [-0.4, -0.2) is 37.6 Å². The molecule has 1 heterocycles. The lowest BCUT2D eigenvalue weighted by Gasteiger charge is -2.13. The number of aryl methyl sites for hydroxylation is 1. The number of amides is 1. The minimum Gasteiger partial charge on any atom is -0.388 e. The second kappa shape index (κ2) is 9.48. The molecular formula is C20H22N2O4. The minimum atomic E-state index is -0.620. The van der Waals surface area contributed by atoms with Gasteiger partial charge in [0, 0.05) is 26.7 Å². The molecule has 0 spiro atoms. The molecular weight excluding hydrogens is 332 g/mol. The number of fused-ring (bicyclic) bond motifs is 1. The molecule has 0 aliphatic rings. The van der Waals surface area contributed by atoms with E-state index in [0.717, 1.165) is 22.6 Å². The van der Waals surface area contributed by atoms with Gasteiger partial charge in [0.2, 0.25) is 0 Å². The number of aromatic nitrogens is 1. The molecule has 0 aliphatic carbocycles. The van der Waals surface area contributed by atoms with Crippen molar-refractivity contribution in [1.29, 1.82) is 0 Å². The second-order valence-electron chi connectivity index (χ2n) is 5.79. The number of carbonyl (C=O) groups excluding carboxylic acids is 2. The fourth-order valence-electron chi connectivity index (χ4n) is 2.56. The average Bonchev–Trinajstić information content (AvgIpc) is 3.08. The zero-order valence-corrected chi connectivity index (χ0v) is 15.1. The summed E-state index contributed by atoms with van der Waals surface area (Å²) in [6.07, 6.45) is 1.17. The number of carbonyl (C=O) groups is 2. The summed E-state index contributed by atoms with van der Waals surface area (Å²) in [5, 5.41) is 8.52. The topological polar surface area (TPSA) is 81.4 Å². The molecule has 2 aromatic carbocycles. The van der Waals surface area contributed by atoms with Gasteiger partial charge in [0.1, 0.15) is 12.0 Å². The lowest BCUT2D eigenvalue weighted by atomic mass is 9.99. The first-order valence-corrected chi connectivity index (χ1v) is 8.15. The maximum absolute atomic E-state index is 12.1. The Hall–Kier alpha value is -2.99. The quantitative estimate of drug-likeness (QED) is 0.713. The van der Waals surface area contributed by atoms with Crippen molar-refractivity contribution in [3.8, 4) is 0 Å². The normalized spacial score (nSPS) is 11.3. The first-order chi connectivity index (χ1) is 12.6. The number of nitrogens with one attached hydrogen (secondary N) is 1. The van der Waals surface area contributed by atoms with Crippen molar-refractivity contribution in [1.82, 2.24) is 10.5 Å². The van der Waals surface area contributed by atoms with E-state index in [9.17, 15) is 9.59 Å². The van der Waals surface area contributed by atoms with E-state index in [-0.39, 0.29) is 5.69 Å². The molecule has 1 atom stereocenters. The summed E-state index contributed by atoms with van der Waals surface area (Å²) in [5.41, 5.74) is 1.18. The van der Waals surface area contributed by atoms with Crippen LogP contribution in [0.15, 0.2) is 53.1 Å². The van der Waals surface area contributed by atoms with Crippen LogP contribution < -0.4 is 5.32 Å². The van der Waals surface area contributed by atoms with Crippen LogP contribution in [0, 0.1) is 6.92 Å². The van der Waals surface area contributed by atoms with Gasteiger partial charge in [-0.2, -0.15) is 0 Å². The first-order valence-electron chi connectivity index (χ1n) is 8.15. The van der Waals surface area contributed by atoms with Crippen LogP contribution in [0.1, 0.15) is 21.8 Å². The number of ether oxygens (including phenoxy) is 1. The average molecular weight is 354 g/mol. The molecule has 0 aliphatic heterocycles. The molecule has 0 fully saturated rings. The molecule has 1 unspecified atom stereocenters. The number of methoxy groups -OCH3 is 1. The fraction of sp³-hybridized carbons (Fsp3) is 0.250. The van der Waals surface area contributed by atoms with Crippen LogP contribution in [0.4, 0.5) is 0 Å². The molecule has 1 N–H and O–H groups in total. The minimum absolute atomic E-state index is 0.173. The van der Waals surface area contributed by atoms with Gasteiger partial charge in [-0.3, -0.25) is 4.79 Å². The summed E-state index contributed by atoms with van der Waals surface area (Å²) in [7, 11) is 3.25. The Morgan fingerprint density at radius 2 is 1.92 bits per heavy atom. The van der Waals surface area contributed by atoms with Crippen molar-refractivity contribution < 1.29 is 18.8 Å². The van der Waals surface area contributed by atoms with Crippen molar-refractivity contribution in [2.24, 2.45) is 0 Å². The summed E-state index contributed by atoms with van der Waals surface area (Å²) in [4.78, 5) is 23.4. The van der Waals surface area contributed by atoms with Crippen molar-refractivity contribution >= 4 is 23.0 Å². The number of rotatable bonds is 5. The number of hydrogen-bond acceptors (Lipinski definition) is 5. The molecule has 0 bridgehead atoms. The molecule has 3 rings (SSSR count). The third kappa shape index (κ3) is 5.00. The third-order valence-corrected chi connectivity index (χ3v) is 3.66. The molecule has 0 saturated carbocycles. The molecule has 0 radical (unpaired) electrons. The number of nitrogens with zero attached hydrogens (tertiary/aromatic N) is 1. The van der Waals surface area contributed by atoms with Crippen LogP contribution in [0.25, 0.3) is 10.8 Å². The van der Waals surface area contributed by atoms with Crippen LogP contribution in [-0.2, 0) is 16.0 Å². The van der Waals surface area contributed by atoms with E-state index < -0.39 is 11.9 Å². The van der Waals surface area contributed by atoms with Gasteiger partial charge in [0.05, 0.1) is 6.04 Å². The monoisotopic (exact) mass is 354 g/mol. The van der Waals surface area contributed by atoms with Crippen LogP contribution in [0.2, 0.25) is 0 Å². The standard InChI is InChI=1S/C18H16N2O3.C2H6O/c1-12-9-17(20-23-12)18(22)19-15(11-21)10-14-7-4-6-13-5-2-3-8-16(13)14;1-3-2/h2-9,11,15H,10H2,1H3,(H,19,22);1-2H3. The van der Waals surface area contributed by atoms with Gasteiger partial charge in [-0.1, -0.05) is 47.6 Å². The van der Waals surface area contributed by atoms with Gasteiger partial charge in [0.25, 0.3) is 5.91 Å². The third-order valence-electron chi connectivity index (χ3n) is 3.66. The van der Waals surface area contributed by atoms with Crippen molar-refractivity contribution in [3.05, 3.63) is 65.5 Å². The highest BCUT2D eigenvalue weighted by Crippen LogP contribution is 2.19. The van der Waals surface area contributed by atoms with E-state index in [4.69, 9.17) is 4.52 Å². The van der Waals surface area contributed by atoms with Gasteiger partial charge in [0.15, 0.2) is 5.69 Å². The van der Waals surface area contributed by atoms with E-state index in [1.54, 1.807) is 21.1 Å². The van der Waals surface area contributed by atoms with Crippen LogP contribution in [0.3, 0.4) is 0 Å². The number of hydrogen-bond donors (Lipinski definition) is 1. The van der Waals surface area contributed by atoms with Crippen molar-refractivity contribution in [2.75, 3.05) is 14.2 Å². The summed E-state index contributed by atoms with van der Waals surface area (Å²) in [6.45, 7) is 1.71. The predicted molar refractivity (Wildman–Crippen MR) is 99.1 cm³/mol. The molecule has 6 nitrogen and oxygen atoms in total. The lowest BCUT2D eigenvalue weighted by molar-refractivity contribution is -0.109. The first kappa shape index (κ1) is 19.3. The highest BCUT2D eigenvalue weighted by molar-refractivity contribution is 5.94. The number of benzene rings is 2. The Bertz CT molecular complexity index is 868. The molecule has 6 heteroatoms. The van der Waals surface area contributed by atoms with Crippen LogP contribution >= 0.6 is 0 Å². The second-order valence-corrected chi connectivity index (χ2v) is 5.79. The Morgan fingerprint density at radius 3 is 2.58 bits per heavy atom. The van der Waals surface area contributed by atoms with Gasteiger partial charge in [-0.05, 0) is 23.3 Å². The van der Waals surface area contributed by atoms with E-state index in [0.29, 0.717) is 12.2 Å². The largest absolute Gasteiger partial charge is 0.388 e. The summed E-state index contributed by atoms with van der Waals surface area (Å²) in [5.74, 6) is 0.131. The highest BCUT2D eigenvalue weighted by Gasteiger charge is 2.17. The van der Waals surface area contributed by atoms with Crippen LogP contribution in [0.5, 0.6) is 0 Å². The molecule has 3 aromatic rings. The van der Waals surface area contributed by atoms with Crippen molar-refractivity contribution in [3.63, 3.8) is 0 Å². The van der Waals surface area contributed by atoms with Gasteiger partial charge in [-0.25, -0.2) is 0 Å². The summed E-state index contributed by atoms with van der Waals surface area (Å²) >= 11 is 0. The van der Waals surface area contributed by atoms with E-state index in [2.05, 4.69) is 15.2 Å². The van der Waals surface area contributed by atoms with E-state index in [1.165, 1.54) is 6.07 Å². The maximum Gasteiger partial charge on any atom is 0.274 e. The number of aldehydes is 1. The van der Waals surface area contributed by atoms with Gasteiger partial charge < -0.3 is 19.4 Å². The Balaban J connectivity index is 0.000000758. The van der Waals surface area contributed by atoms with Crippen molar-refractivity contribution in [2.45, 2.75) is 19.4 Å². The van der Waals surface area contributed by atoms with Gasteiger partial charge in [-0.15, -0.1) is 0 Å². The Labute approximate surface area is 152 Å². The smallest absolute Gasteiger partial charge is 0.274 e. The predicted octanol–water partition coefficient (Wildman–Crippen LogP) is 2.94. The van der Waals surface area contributed by atoms with E-state index >= 15 is 0 Å². The lowest BCUT2D eigenvalue weighted by Crippen LogP contribution is -2.37. The molecule has 26 heavy (non-hydrogen) atoms. The fourth-order valence-corrected chi connectivity index (χ4v) is 2.56. The Kier molecular flexibility index (Phi) is 7.05. The molecule has 0 saturated heterocycles. The zero-order chi connectivity index (χ0) is 18.9. The SMILES string of the molecule is COC.Cc1cc(C(=O)NC(C=O)Cc2cccc3ccccc23)no1. The summed E-state index contributed by atoms with van der Waals surface area (Å²) in [6, 6.07) is 14.8. The van der Waals surface area contributed by atoms with Gasteiger partial charge >= 0.3 is 0 Å². The Morgan fingerprint density at radius 1 is 1.23 bits per heavy atom. The highest BCUT2D eigenvalue weighted by atomic mass is 16.5. The maximum atomic E-state index is 12.1. The molecule has 1 amide bonds. The van der Waals surface area contributed by atoms with E-state index in [1.807, 2.05) is 42.5 Å². The zero-order valence-electron chi connectivity index (χ0n) is 15.1.